The third kappa shape index (κ3) is 3.17. The molecule has 106 valence electrons. The summed E-state index contributed by atoms with van der Waals surface area (Å²) in [5.74, 6) is 0. The Morgan fingerprint density at radius 2 is 2.40 bits per heavy atom. The van der Waals surface area contributed by atoms with E-state index in [-0.39, 0.29) is 6.10 Å². The Balaban J connectivity index is 1.72. The first kappa shape index (κ1) is 13.9. The van der Waals surface area contributed by atoms with E-state index >= 15 is 0 Å². The van der Waals surface area contributed by atoms with Crippen molar-refractivity contribution in [3.63, 3.8) is 0 Å². The Hall–Kier alpha value is -1.01. The lowest BCUT2D eigenvalue weighted by Gasteiger charge is -2.37. The average molecular weight is 310 g/mol. The van der Waals surface area contributed by atoms with Gasteiger partial charge in [-0.2, -0.15) is 0 Å². The maximum Gasteiger partial charge on any atom is 0.0953 e. The highest BCUT2D eigenvalue weighted by molar-refractivity contribution is 7.03. The smallest absolute Gasteiger partial charge is 0.0953 e. The molecule has 1 aromatic heterocycles. The summed E-state index contributed by atoms with van der Waals surface area (Å²) in [5.41, 5.74) is 2.15. The minimum absolute atomic E-state index is 0.0662. The highest BCUT2D eigenvalue weighted by Crippen LogP contribution is 2.27. The molecule has 1 fully saturated rings. The minimum Gasteiger partial charge on any atom is -0.371 e. The Morgan fingerprint density at radius 1 is 1.50 bits per heavy atom. The SMILES string of the molecule is C[C@H]1CO[C@H](c2cccc(Cl)c2)CN1Cc1csnn1. The molecule has 1 aliphatic heterocycles. The second-order valence-corrected chi connectivity index (χ2v) is 6.10. The monoisotopic (exact) mass is 309 g/mol. The van der Waals surface area contributed by atoms with Crippen molar-refractivity contribution >= 4 is 23.1 Å². The van der Waals surface area contributed by atoms with E-state index in [2.05, 4.69) is 27.5 Å². The summed E-state index contributed by atoms with van der Waals surface area (Å²) in [4.78, 5) is 2.38. The zero-order valence-electron chi connectivity index (χ0n) is 11.2. The number of morpholine rings is 1. The van der Waals surface area contributed by atoms with Crippen LogP contribution < -0.4 is 0 Å². The second kappa shape index (κ2) is 6.18. The molecular weight excluding hydrogens is 294 g/mol. The van der Waals surface area contributed by atoms with E-state index in [1.807, 2.05) is 23.6 Å². The molecule has 1 aliphatic rings. The zero-order chi connectivity index (χ0) is 13.9. The molecule has 2 atom stereocenters. The number of benzene rings is 1. The van der Waals surface area contributed by atoms with Crippen molar-refractivity contribution in [1.82, 2.24) is 14.5 Å². The predicted octanol–water partition coefficient (Wildman–Crippen LogP) is 3.15. The number of ether oxygens (including phenoxy) is 1. The number of nitrogens with zero attached hydrogens (tertiary/aromatic N) is 3. The predicted molar refractivity (Wildman–Crippen MR) is 79.9 cm³/mol. The number of rotatable bonds is 3. The molecule has 20 heavy (non-hydrogen) atoms. The lowest BCUT2D eigenvalue weighted by molar-refractivity contribution is -0.0636. The van der Waals surface area contributed by atoms with Gasteiger partial charge in [0.2, 0.25) is 0 Å². The van der Waals surface area contributed by atoms with Crippen LogP contribution in [-0.4, -0.2) is 33.7 Å². The van der Waals surface area contributed by atoms with Crippen LogP contribution in [0.3, 0.4) is 0 Å². The molecule has 2 heterocycles. The van der Waals surface area contributed by atoms with Gasteiger partial charge in [0, 0.05) is 29.5 Å². The highest BCUT2D eigenvalue weighted by Gasteiger charge is 2.27. The molecule has 0 bridgehead atoms. The van der Waals surface area contributed by atoms with Crippen LogP contribution in [0.5, 0.6) is 0 Å². The van der Waals surface area contributed by atoms with Crippen molar-refractivity contribution in [2.75, 3.05) is 13.2 Å². The van der Waals surface area contributed by atoms with Crippen LogP contribution in [0.15, 0.2) is 29.6 Å². The van der Waals surface area contributed by atoms with Crippen LogP contribution in [0, 0.1) is 0 Å². The first-order valence-electron chi connectivity index (χ1n) is 6.59. The largest absolute Gasteiger partial charge is 0.371 e. The van der Waals surface area contributed by atoms with Crippen molar-refractivity contribution in [1.29, 1.82) is 0 Å². The van der Waals surface area contributed by atoms with Crippen LogP contribution >= 0.6 is 23.1 Å². The Kier molecular flexibility index (Phi) is 4.31. The standard InChI is InChI=1S/C14H16ClN3OS/c1-10-8-19-14(11-3-2-4-12(15)5-11)7-18(10)6-13-9-20-17-16-13/h2-5,9-10,14H,6-8H2,1H3/t10-,14-/m0/s1. The average Bonchev–Trinajstić information content (AvgIpc) is 2.94. The topological polar surface area (TPSA) is 38.2 Å². The minimum atomic E-state index is 0.0662. The molecule has 3 rings (SSSR count). The molecular formula is C14H16ClN3OS. The van der Waals surface area contributed by atoms with E-state index in [1.165, 1.54) is 11.5 Å². The molecule has 2 aromatic rings. The van der Waals surface area contributed by atoms with E-state index in [1.54, 1.807) is 0 Å². The summed E-state index contributed by atoms with van der Waals surface area (Å²) < 4.78 is 9.86. The highest BCUT2D eigenvalue weighted by atomic mass is 35.5. The summed E-state index contributed by atoms with van der Waals surface area (Å²) in [6.07, 6.45) is 0.0662. The van der Waals surface area contributed by atoms with Crippen LogP contribution in [0.4, 0.5) is 0 Å². The number of hydrogen-bond donors (Lipinski definition) is 0. The first-order valence-corrected chi connectivity index (χ1v) is 7.81. The first-order chi connectivity index (χ1) is 9.72. The van der Waals surface area contributed by atoms with Crippen molar-refractivity contribution < 1.29 is 4.74 Å². The van der Waals surface area contributed by atoms with Crippen LogP contribution in [0.25, 0.3) is 0 Å². The summed E-state index contributed by atoms with van der Waals surface area (Å²) >= 11 is 7.45. The normalized spacial score (nSPS) is 23.9. The van der Waals surface area contributed by atoms with Crippen molar-refractivity contribution in [2.45, 2.75) is 25.6 Å². The molecule has 6 heteroatoms. The molecule has 0 saturated carbocycles. The molecule has 0 amide bonds. The van der Waals surface area contributed by atoms with Gasteiger partial charge in [-0.3, -0.25) is 4.90 Å². The van der Waals surface area contributed by atoms with E-state index in [9.17, 15) is 0 Å². The summed E-state index contributed by atoms with van der Waals surface area (Å²) in [5, 5.41) is 6.87. The maximum atomic E-state index is 6.06. The molecule has 0 aliphatic carbocycles. The summed E-state index contributed by atoms with van der Waals surface area (Å²) in [6, 6.07) is 8.27. The van der Waals surface area contributed by atoms with Crippen molar-refractivity contribution in [3.05, 3.63) is 45.9 Å². The maximum absolute atomic E-state index is 6.06. The molecule has 4 nitrogen and oxygen atoms in total. The fourth-order valence-electron chi connectivity index (χ4n) is 2.40. The van der Waals surface area contributed by atoms with Gasteiger partial charge in [-0.05, 0) is 36.2 Å². The molecule has 0 unspecified atom stereocenters. The van der Waals surface area contributed by atoms with Crippen molar-refractivity contribution in [2.24, 2.45) is 0 Å². The molecule has 0 N–H and O–H groups in total. The van der Waals surface area contributed by atoms with Crippen LogP contribution in [0.1, 0.15) is 24.3 Å². The zero-order valence-corrected chi connectivity index (χ0v) is 12.8. The fourth-order valence-corrected chi connectivity index (χ4v) is 3.04. The lowest BCUT2D eigenvalue weighted by Crippen LogP contribution is -2.44. The second-order valence-electron chi connectivity index (χ2n) is 5.05. The Morgan fingerprint density at radius 3 is 3.15 bits per heavy atom. The van der Waals surface area contributed by atoms with E-state index in [4.69, 9.17) is 16.3 Å². The molecule has 0 spiro atoms. The van der Waals surface area contributed by atoms with Gasteiger partial charge in [0.15, 0.2) is 0 Å². The van der Waals surface area contributed by atoms with Gasteiger partial charge in [0.05, 0.1) is 18.4 Å². The van der Waals surface area contributed by atoms with Gasteiger partial charge in [-0.15, -0.1) is 5.10 Å². The molecule has 0 radical (unpaired) electrons. The van der Waals surface area contributed by atoms with Crippen LogP contribution in [0.2, 0.25) is 5.02 Å². The van der Waals surface area contributed by atoms with Gasteiger partial charge in [0.1, 0.15) is 0 Å². The molecule has 1 aromatic carbocycles. The Labute approximate surface area is 127 Å². The van der Waals surface area contributed by atoms with Gasteiger partial charge in [-0.1, -0.05) is 28.2 Å². The summed E-state index contributed by atoms with van der Waals surface area (Å²) in [7, 11) is 0. The van der Waals surface area contributed by atoms with Crippen LogP contribution in [-0.2, 0) is 11.3 Å². The number of hydrogen-bond acceptors (Lipinski definition) is 5. The Bertz CT molecular complexity index is 563. The number of halogens is 1. The van der Waals surface area contributed by atoms with Gasteiger partial charge in [0.25, 0.3) is 0 Å². The number of aromatic nitrogens is 2. The third-order valence-electron chi connectivity index (χ3n) is 3.55. The lowest BCUT2D eigenvalue weighted by atomic mass is 10.1. The van der Waals surface area contributed by atoms with Gasteiger partial charge >= 0.3 is 0 Å². The third-order valence-corrected chi connectivity index (χ3v) is 4.34. The fraction of sp³-hybridized carbons (Fsp3) is 0.429. The van der Waals surface area contributed by atoms with E-state index < -0.39 is 0 Å². The summed E-state index contributed by atoms with van der Waals surface area (Å²) in [6.45, 7) is 4.56. The van der Waals surface area contributed by atoms with Crippen molar-refractivity contribution in [3.8, 4) is 0 Å². The quantitative estimate of drug-likeness (QED) is 0.873. The van der Waals surface area contributed by atoms with E-state index in [0.29, 0.717) is 6.04 Å². The van der Waals surface area contributed by atoms with E-state index in [0.717, 1.165) is 36.0 Å². The van der Waals surface area contributed by atoms with Gasteiger partial charge < -0.3 is 4.74 Å². The molecule has 1 saturated heterocycles. The van der Waals surface area contributed by atoms with Gasteiger partial charge in [-0.25, -0.2) is 0 Å².